The summed E-state index contributed by atoms with van der Waals surface area (Å²) in [6.07, 6.45) is -0.675. The first kappa shape index (κ1) is 14.5. The molecule has 0 saturated heterocycles. The van der Waals surface area contributed by atoms with E-state index in [4.69, 9.17) is 4.74 Å². The number of nitrogens with one attached hydrogen (secondary N) is 2. The molecule has 3 rings (SSSR count). The van der Waals surface area contributed by atoms with Crippen LogP contribution in [0, 0.1) is 20.8 Å². The van der Waals surface area contributed by atoms with E-state index in [1.165, 1.54) is 11.3 Å². The lowest BCUT2D eigenvalue weighted by molar-refractivity contribution is 0.0801. The molecule has 2 N–H and O–H groups in total. The van der Waals surface area contributed by atoms with E-state index in [0.717, 1.165) is 21.1 Å². The number of aromatic nitrogens is 1. The maximum Gasteiger partial charge on any atom is 0.267 e. The summed E-state index contributed by atoms with van der Waals surface area (Å²) in [5, 5.41) is 7.81. The molecule has 1 atom stereocenters. The van der Waals surface area contributed by atoms with Gasteiger partial charge in [0.25, 0.3) is 18.2 Å². The summed E-state index contributed by atoms with van der Waals surface area (Å²) in [5.74, 6) is 0.239. The Labute approximate surface area is 132 Å². The molecule has 1 aliphatic heterocycles. The van der Waals surface area contributed by atoms with Gasteiger partial charge in [-0.05, 0) is 32.9 Å². The molecule has 0 fully saturated rings. The number of carbonyl (C=O) groups excluding carboxylic acids is 1. The number of thiazole rings is 1. The monoisotopic (exact) mass is 316 g/mol. The van der Waals surface area contributed by atoms with E-state index < -0.39 is 6.35 Å². The minimum atomic E-state index is -0.675. The molecule has 1 unspecified atom stereocenters. The Kier molecular flexibility index (Phi) is 3.81. The Morgan fingerprint density at radius 2 is 2.00 bits per heavy atom. The van der Waals surface area contributed by atoms with E-state index >= 15 is 0 Å². The quantitative estimate of drug-likeness (QED) is 0.909. The van der Waals surface area contributed by atoms with Gasteiger partial charge in [-0.15, -0.1) is 16.4 Å². The first-order valence-electron chi connectivity index (χ1n) is 6.85. The predicted octanol–water partition coefficient (Wildman–Crippen LogP) is 2.06. The fraction of sp³-hybridized carbons (Fsp3) is 0.267. The Bertz CT molecular complexity index is 737. The minimum Gasteiger partial charge on any atom is -0.431 e. The molecule has 2 heterocycles. The lowest BCUT2D eigenvalue weighted by atomic mass is 10.1. The van der Waals surface area contributed by atoms with Gasteiger partial charge in [0.15, 0.2) is 0 Å². The third-order valence-corrected chi connectivity index (χ3v) is 4.25. The van der Waals surface area contributed by atoms with Crippen molar-refractivity contribution in [2.45, 2.75) is 27.1 Å². The summed E-state index contributed by atoms with van der Waals surface area (Å²) in [4.78, 5) is 17.3. The van der Waals surface area contributed by atoms with Crippen molar-refractivity contribution in [1.82, 2.24) is 15.7 Å². The fourth-order valence-electron chi connectivity index (χ4n) is 2.08. The molecule has 1 aliphatic rings. The van der Waals surface area contributed by atoms with E-state index in [-0.39, 0.29) is 5.91 Å². The average molecular weight is 316 g/mol. The SMILES string of the molecule is Cc1ccc(C(=O)NC2NN=C(c3sc(C)nc3C)O2)cc1. The second-order valence-corrected chi connectivity index (χ2v) is 6.23. The normalized spacial score (nSPS) is 16.7. The fourth-order valence-corrected chi connectivity index (χ4v) is 2.94. The number of amides is 1. The van der Waals surface area contributed by atoms with E-state index in [2.05, 4.69) is 20.8 Å². The van der Waals surface area contributed by atoms with Gasteiger partial charge in [0, 0.05) is 5.56 Å². The van der Waals surface area contributed by atoms with Crippen LogP contribution < -0.4 is 10.7 Å². The molecule has 1 aromatic heterocycles. The Morgan fingerprint density at radius 3 is 2.64 bits per heavy atom. The van der Waals surface area contributed by atoms with Crippen molar-refractivity contribution in [3.63, 3.8) is 0 Å². The Balaban J connectivity index is 1.64. The van der Waals surface area contributed by atoms with Crippen molar-refractivity contribution in [2.24, 2.45) is 5.10 Å². The molecule has 7 heteroatoms. The molecule has 0 spiro atoms. The average Bonchev–Trinajstić information content (AvgIpc) is 3.06. The lowest BCUT2D eigenvalue weighted by Gasteiger charge is -2.12. The number of aryl methyl sites for hydroxylation is 3. The van der Waals surface area contributed by atoms with Crippen LogP contribution >= 0.6 is 11.3 Å². The van der Waals surface area contributed by atoms with Crippen LogP contribution in [0.2, 0.25) is 0 Å². The molecular weight excluding hydrogens is 300 g/mol. The molecule has 0 aliphatic carbocycles. The summed E-state index contributed by atoms with van der Waals surface area (Å²) in [6, 6.07) is 7.34. The molecular formula is C15H16N4O2S. The molecule has 6 nitrogen and oxygen atoms in total. The molecule has 22 heavy (non-hydrogen) atoms. The van der Waals surface area contributed by atoms with Gasteiger partial charge in [0.1, 0.15) is 4.88 Å². The van der Waals surface area contributed by atoms with E-state index in [0.29, 0.717) is 11.5 Å². The van der Waals surface area contributed by atoms with Gasteiger partial charge in [-0.1, -0.05) is 17.7 Å². The second-order valence-electron chi connectivity index (χ2n) is 5.03. The van der Waals surface area contributed by atoms with Gasteiger partial charge >= 0.3 is 0 Å². The standard InChI is InChI=1S/C15H16N4O2S/c1-8-4-6-11(7-5-8)13(20)17-15-19-18-14(21-15)12-9(2)16-10(3)22-12/h4-7,15,19H,1-3H3,(H,17,20). The van der Waals surface area contributed by atoms with Gasteiger partial charge in [-0.2, -0.15) is 0 Å². The van der Waals surface area contributed by atoms with Gasteiger partial charge in [0.05, 0.1) is 10.7 Å². The van der Waals surface area contributed by atoms with Gasteiger partial charge in [0.2, 0.25) is 0 Å². The molecule has 2 aromatic rings. The number of carbonyl (C=O) groups is 1. The highest BCUT2D eigenvalue weighted by molar-refractivity contribution is 7.13. The van der Waals surface area contributed by atoms with Gasteiger partial charge < -0.3 is 4.74 Å². The summed E-state index contributed by atoms with van der Waals surface area (Å²) in [6.45, 7) is 5.81. The number of hydrogen-bond acceptors (Lipinski definition) is 6. The number of nitrogens with zero attached hydrogens (tertiary/aromatic N) is 2. The molecule has 114 valence electrons. The first-order valence-corrected chi connectivity index (χ1v) is 7.66. The summed E-state index contributed by atoms with van der Waals surface area (Å²) in [5.41, 5.74) is 5.32. The van der Waals surface area contributed by atoms with Crippen LogP contribution in [0.3, 0.4) is 0 Å². The smallest absolute Gasteiger partial charge is 0.267 e. The molecule has 1 amide bonds. The number of hydrogen-bond donors (Lipinski definition) is 2. The maximum absolute atomic E-state index is 12.1. The summed E-state index contributed by atoms with van der Waals surface area (Å²) >= 11 is 1.51. The third kappa shape index (κ3) is 2.94. The number of rotatable bonds is 3. The van der Waals surface area contributed by atoms with E-state index in [9.17, 15) is 4.79 Å². The Hall–Kier alpha value is -2.41. The highest BCUT2D eigenvalue weighted by Gasteiger charge is 2.25. The van der Waals surface area contributed by atoms with Crippen molar-refractivity contribution < 1.29 is 9.53 Å². The van der Waals surface area contributed by atoms with Crippen molar-refractivity contribution in [2.75, 3.05) is 0 Å². The van der Waals surface area contributed by atoms with Gasteiger partial charge in [-0.25, -0.2) is 4.98 Å². The zero-order valence-electron chi connectivity index (χ0n) is 12.5. The lowest BCUT2D eigenvalue weighted by Crippen LogP contribution is -2.42. The second kappa shape index (κ2) is 5.76. The van der Waals surface area contributed by atoms with Crippen LogP contribution in [0.5, 0.6) is 0 Å². The third-order valence-electron chi connectivity index (χ3n) is 3.19. The van der Waals surface area contributed by atoms with Crippen LogP contribution in [0.4, 0.5) is 0 Å². The van der Waals surface area contributed by atoms with Crippen LogP contribution in [0.15, 0.2) is 29.4 Å². The van der Waals surface area contributed by atoms with Crippen molar-refractivity contribution in [1.29, 1.82) is 0 Å². The number of hydrazone groups is 1. The summed E-state index contributed by atoms with van der Waals surface area (Å²) in [7, 11) is 0. The first-order chi connectivity index (χ1) is 10.5. The van der Waals surface area contributed by atoms with Crippen LogP contribution in [0.1, 0.15) is 31.5 Å². The topological polar surface area (TPSA) is 75.6 Å². The van der Waals surface area contributed by atoms with Crippen molar-refractivity contribution in [3.8, 4) is 0 Å². The summed E-state index contributed by atoms with van der Waals surface area (Å²) < 4.78 is 5.63. The van der Waals surface area contributed by atoms with Gasteiger partial charge in [-0.3, -0.25) is 15.5 Å². The minimum absolute atomic E-state index is 0.217. The predicted molar refractivity (Wildman–Crippen MR) is 84.8 cm³/mol. The van der Waals surface area contributed by atoms with E-state index in [1.54, 1.807) is 12.1 Å². The molecule has 0 saturated carbocycles. The molecule has 1 aromatic carbocycles. The Morgan fingerprint density at radius 1 is 1.27 bits per heavy atom. The zero-order valence-corrected chi connectivity index (χ0v) is 13.3. The van der Waals surface area contributed by atoms with Crippen LogP contribution in [0.25, 0.3) is 0 Å². The highest BCUT2D eigenvalue weighted by Crippen LogP contribution is 2.20. The van der Waals surface area contributed by atoms with Crippen molar-refractivity contribution >= 4 is 23.1 Å². The molecule has 0 radical (unpaired) electrons. The highest BCUT2D eigenvalue weighted by atomic mass is 32.1. The van der Waals surface area contributed by atoms with Crippen LogP contribution in [-0.2, 0) is 4.74 Å². The number of ether oxygens (including phenoxy) is 1. The maximum atomic E-state index is 12.1. The van der Waals surface area contributed by atoms with E-state index in [1.807, 2.05) is 32.9 Å². The number of benzene rings is 1. The molecule has 0 bridgehead atoms. The van der Waals surface area contributed by atoms with Crippen molar-refractivity contribution in [3.05, 3.63) is 51.0 Å². The largest absolute Gasteiger partial charge is 0.431 e. The zero-order chi connectivity index (χ0) is 15.7. The van der Waals surface area contributed by atoms with Crippen LogP contribution in [-0.4, -0.2) is 23.1 Å².